The Labute approximate surface area is 103 Å². The number of carbonyl (C=O) groups excluding carboxylic acids is 2. The van der Waals surface area contributed by atoms with Gasteiger partial charge in [0.05, 0.1) is 0 Å². The maximum atomic E-state index is 12.4. The van der Waals surface area contributed by atoms with Gasteiger partial charge < -0.3 is 10.2 Å². The minimum absolute atomic E-state index is 0.0549. The lowest BCUT2D eigenvalue weighted by molar-refractivity contribution is -0.152. The zero-order valence-corrected chi connectivity index (χ0v) is 10.9. The third-order valence-electron chi connectivity index (χ3n) is 3.64. The van der Waals surface area contributed by atoms with E-state index in [0.717, 1.165) is 25.7 Å². The fourth-order valence-corrected chi connectivity index (χ4v) is 2.68. The van der Waals surface area contributed by atoms with Gasteiger partial charge in [0.25, 0.3) is 0 Å². The molecule has 4 nitrogen and oxygen atoms in total. The molecule has 1 saturated heterocycles. The van der Waals surface area contributed by atoms with Gasteiger partial charge in [-0.15, -0.1) is 0 Å². The molecule has 96 valence electrons. The second-order valence-corrected chi connectivity index (χ2v) is 5.47. The van der Waals surface area contributed by atoms with E-state index in [1.807, 2.05) is 25.7 Å². The van der Waals surface area contributed by atoms with E-state index in [1.165, 1.54) is 0 Å². The lowest BCUT2D eigenvalue weighted by atomic mass is 9.99. The average Bonchev–Trinajstić information content (AvgIpc) is 3.06. The summed E-state index contributed by atoms with van der Waals surface area (Å²) in [5.41, 5.74) is 0. The van der Waals surface area contributed by atoms with Gasteiger partial charge in [0, 0.05) is 6.04 Å². The highest BCUT2D eigenvalue weighted by Crippen LogP contribution is 2.37. The zero-order chi connectivity index (χ0) is 12.6. The second-order valence-electron chi connectivity index (χ2n) is 5.47. The van der Waals surface area contributed by atoms with E-state index < -0.39 is 0 Å². The molecule has 0 aromatic heterocycles. The maximum Gasteiger partial charge on any atom is 0.246 e. The number of hydrogen-bond donors (Lipinski definition) is 1. The second kappa shape index (κ2) is 4.67. The summed E-state index contributed by atoms with van der Waals surface area (Å²) < 4.78 is 0. The highest BCUT2D eigenvalue weighted by atomic mass is 16.2. The first-order valence-electron chi connectivity index (χ1n) is 6.68. The van der Waals surface area contributed by atoms with Crippen LogP contribution in [0.3, 0.4) is 0 Å². The molecule has 0 radical (unpaired) electrons. The van der Waals surface area contributed by atoms with Crippen LogP contribution in [0.4, 0.5) is 0 Å². The van der Waals surface area contributed by atoms with Crippen molar-refractivity contribution in [1.29, 1.82) is 0 Å². The maximum absolute atomic E-state index is 12.4. The molecule has 0 aromatic rings. The number of amides is 2. The van der Waals surface area contributed by atoms with Crippen LogP contribution in [0.5, 0.6) is 0 Å². The van der Waals surface area contributed by atoms with E-state index in [1.54, 1.807) is 0 Å². The molecule has 2 aliphatic rings. The van der Waals surface area contributed by atoms with Gasteiger partial charge in [-0.3, -0.25) is 9.59 Å². The van der Waals surface area contributed by atoms with Crippen molar-refractivity contribution in [1.82, 2.24) is 10.2 Å². The Hall–Kier alpha value is -1.06. The number of piperazine rings is 1. The van der Waals surface area contributed by atoms with Gasteiger partial charge in [-0.1, -0.05) is 13.3 Å². The molecule has 2 rings (SSSR count). The van der Waals surface area contributed by atoms with Gasteiger partial charge in [0.2, 0.25) is 11.8 Å². The lowest BCUT2D eigenvalue weighted by Gasteiger charge is -2.41. The summed E-state index contributed by atoms with van der Waals surface area (Å²) in [4.78, 5) is 26.3. The standard InChI is InChI=1S/C13H22N2O2/c1-4-5-10-13(17)15(8(2)3)11(9-6-7-9)12(16)14-10/h8-11H,4-7H2,1-3H3,(H,14,16). The van der Waals surface area contributed by atoms with E-state index in [2.05, 4.69) is 5.32 Å². The molecule has 2 amide bonds. The molecule has 1 aliphatic carbocycles. The zero-order valence-electron chi connectivity index (χ0n) is 10.9. The minimum atomic E-state index is -0.301. The van der Waals surface area contributed by atoms with Crippen molar-refractivity contribution in [2.24, 2.45) is 5.92 Å². The number of hydrogen-bond acceptors (Lipinski definition) is 2. The summed E-state index contributed by atoms with van der Waals surface area (Å²) in [6.07, 6.45) is 3.81. The summed E-state index contributed by atoms with van der Waals surface area (Å²) in [6.45, 7) is 6.02. The molecular weight excluding hydrogens is 216 g/mol. The van der Waals surface area contributed by atoms with Crippen LogP contribution in [-0.4, -0.2) is 34.8 Å². The molecule has 1 aliphatic heterocycles. The Morgan fingerprint density at radius 2 is 2.00 bits per heavy atom. The van der Waals surface area contributed by atoms with Crippen molar-refractivity contribution in [3.63, 3.8) is 0 Å². The summed E-state index contributed by atoms with van der Waals surface area (Å²) >= 11 is 0. The van der Waals surface area contributed by atoms with Crippen LogP contribution in [0.25, 0.3) is 0 Å². The molecule has 1 saturated carbocycles. The number of nitrogens with zero attached hydrogens (tertiary/aromatic N) is 1. The van der Waals surface area contributed by atoms with E-state index in [9.17, 15) is 9.59 Å². The summed E-state index contributed by atoms with van der Waals surface area (Å²) in [5, 5.41) is 2.89. The van der Waals surface area contributed by atoms with Crippen LogP contribution < -0.4 is 5.32 Å². The highest BCUT2D eigenvalue weighted by molar-refractivity contribution is 5.97. The lowest BCUT2D eigenvalue weighted by Crippen LogP contribution is -2.65. The summed E-state index contributed by atoms with van der Waals surface area (Å²) in [5.74, 6) is 0.557. The topological polar surface area (TPSA) is 49.4 Å². The van der Waals surface area contributed by atoms with Crippen molar-refractivity contribution in [2.45, 2.75) is 64.6 Å². The predicted molar refractivity (Wildman–Crippen MR) is 65.3 cm³/mol. The van der Waals surface area contributed by atoms with Crippen LogP contribution in [0.1, 0.15) is 46.5 Å². The van der Waals surface area contributed by atoms with Gasteiger partial charge in [0.15, 0.2) is 0 Å². The van der Waals surface area contributed by atoms with E-state index in [4.69, 9.17) is 0 Å². The van der Waals surface area contributed by atoms with Gasteiger partial charge in [0.1, 0.15) is 12.1 Å². The van der Waals surface area contributed by atoms with Gasteiger partial charge >= 0.3 is 0 Å². The summed E-state index contributed by atoms with van der Waals surface area (Å²) in [7, 11) is 0. The molecule has 0 aromatic carbocycles. The van der Waals surface area contributed by atoms with Crippen LogP contribution in [0.15, 0.2) is 0 Å². The third kappa shape index (κ3) is 2.31. The Morgan fingerprint density at radius 3 is 2.47 bits per heavy atom. The highest BCUT2D eigenvalue weighted by Gasteiger charge is 2.48. The first-order chi connectivity index (χ1) is 8.06. The Morgan fingerprint density at radius 1 is 1.35 bits per heavy atom. The van der Waals surface area contributed by atoms with Gasteiger partial charge in [-0.25, -0.2) is 0 Å². The third-order valence-corrected chi connectivity index (χ3v) is 3.64. The molecule has 1 N–H and O–H groups in total. The van der Waals surface area contributed by atoms with Gasteiger partial charge in [-0.2, -0.15) is 0 Å². The Kier molecular flexibility index (Phi) is 3.40. The van der Waals surface area contributed by atoms with Crippen molar-refractivity contribution >= 4 is 11.8 Å². The van der Waals surface area contributed by atoms with Crippen LogP contribution in [0, 0.1) is 5.92 Å². The largest absolute Gasteiger partial charge is 0.342 e. The monoisotopic (exact) mass is 238 g/mol. The average molecular weight is 238 g/mol. The normalized spacial score (nSPS) is 29.8. The molecule has 0 spiro atoms. The van der Waals surface area contributed by atoms with Crippen LogP contribution >= 0.6 is 0 Å². The van der Waals surface area contributed by atoms with E-state index >= 15 is 0 Å². The molecule has 2 fully saturated rings. The van der Waals surface area contributed by atoms with Crippen LogP contribution in [-0.2, 0) is 9.59 Å². The Bertz CT molecular complexity index is 323. The first-order valence-corrected chi connectivity index (χ1v) is 6.68. The minimum Gasteiger partial charge on any atom is -0.342 e. The molecule has 2 atom stereocenters. The molecule has 0 bridgehead atoms. The molecule has 2 unspecified atom stereocenters. The Balaban J connectivity index is 2.19. The van der Waals surface area contributed by atoms with Crippen molar-refractivity contribution in [3.05, 3.63) is 0 Å². The van der Waals surface area contributed by atoms with Crippen molar-refractivity contribution in [2.75, 3.05) is 0 Å². The van der Waals surface area contributed by atoms with Crippen LogP contribution in [0.2, 0.25) is 0 Å². The van der Waals surface area contributed by atoms with E-state index in [-0.39, 0.29) is 29.9 Å². The van der Waals surface area contributed by atoms with Crippen molar-refractivity contribution < 1.29 is 9.59 Å². The van der Waals surface area contributed by atoms with E-state index in [0.29, 0.717) is 5.92 Å². The van der Waals surface area contributed by atoms with Crippen molar-refractivity contribution in [3.8, 4) is 0 Å². The molecule has 4 heteroatoms. The number of rotatable bonds is 4. The fraction of sp³-hybridized carbons (Fsp3) is 0.846. The predicted octanol–water partition coefficient (Wildman–Crippen LogP) is 1.30. The fourth-order valence-electron chi connectivity index (χ4n) is 2.68. The SMILES string of the molecule is CCCC1NC(=O)C(C2CC2)N(C(C)C)C1=O. The summed E-state index contributed by atoms with van der Waals surface area (Å²) in [6, 6.07) is -0.404. The number of carbonyl (C=O) groups is 2. The number of nitrogens with one attached hydrogen (secondary N) is 1. The van der Waals surface area contributed by atoms with Gasteiger partial charge in [-0.05, 0) is 39.0 Å². The quantitative estimate of drug-likeness (QED) is 0.802. The first kappa shape index (κ1) is 12.4. The molecular formula is C13H22N2O2. The molecule has 1 heterocycles. The smallest absolute Gasteiger partial charge is 0.246 e. The molecule has 17 heavy (non-hydrogen) atoms.